The summed E-state index contributed by atoms with van der Waals surface area (Å²) in [5.74, 6) is 0.735. The highest BCUT2D eigenvalue weighted by atomic mass is 16.6. The molecule has 0 bridgehead atoms. The van der Waals surface area contributed by atoms with E-state index in [1.165, 1.54) is 0 Å². The van der Waals surface area contributed by atoms with Crippen LogP contribution in [0.1, 0.15) is 31.1 Å². The Morgan fingerprint density at radius 2 is 1.61 bits per heavy atom. The third kappa shape index (κ3) is 3.69. The number of nitrogens with zero attached hydrogens (tertiary/aromatic N) is 2. The van der Waals surface area contributed by atoms with Crippen LogP contribution in [0.5, 0.6) is 17.2 Å². The van der Waals surface area contributed by atoms with Gasteiger partial charge in [0.25, 0.3) is 11.8 Å². The third-order valence-electron chi connectivity index (χ3n) is 4.46. The van der Waals surface area contributed by atoms with Gasteiger partial charge >= 0.3 is 6.09 Å². The number of hydrogen-bond donors (Lipinski definition) is 0. The molecule has 2 fully saturated rings. The summed E-state index contributed by atoms with van der Waals surface area (Å²) in [5, 5.41) is 0. The molecule has 1 aromatic carbocycles. The van der Waals surface area contributed by atoms with E-state index in [1.807, 2.05) is 20.8 Å². The van der Waals surface area contributed by atoms with Gasteiger partial charge in [0.2, 0.25) is 5.75 Å². The number of benzene rings is 1. The van der Waals surface area contributed by atoms with Gasteiger partial charge in [0, 0.05) is 18.7 Å². The predicted octanol–water partition coefficient (Wildman–Crippen LogP) is 1.69. The van der Waals surface area contributed by atoms with E-state index in [0.717, 1.165) is 4.90 Å². The zero-order valence-electron chi connectivity index (χ0n) is 16.2. The summed E-state index contributed by atoms with van der Waals surface area (Å²) in [6.45, 7) is 7.09. The van der Waals surface area contributed by atoms with Crippen LogP contribution in [-0.4, -0.2) is 73.3 Å². The Morgan fingerprint density at radius 3 is 2.07 bits per heavy atom. The lowest BCUT2D eigenvalue weighted by Crippen LogP contribution is -2.62. The van der Waals surface area contributed by atoms with Crippen molar-refractivity contribution in [1.29, 1.82) is 0 Å². The maximum Gasteiger partial charge on any atom is 0.417 e. The molecule has 0 spiro atoms. The standard InChI is InChI=1S/C19H24N2O7/c1-4-25-14-7-12(8-15(26-5-2)17(14)27-6-3)18(23)20-9-13(10-20)21-16(22)11-28-19(21)24/h7-8,13H,4-6,9-11H2,1-3H3. The second-order valence-corrected chi connectivity index (χ2v) is 6.28. The molecule has 3 amide bonds. The quantitative estimate of drug-likeness (QED) is 0.664. The molecule has 3 rings (SSSR count). The van der Waals surface area contributed by atoms with Crippen molar-refractivity contribution in [2.75, 3.05) is 39.5 Å². The van der Waals surface area contributed by atoms with Gasteiger partial charge in [-0.25, -0.2) is 9.69 Å². The fraction of sp³-hybridized carbons (Fsp3) is 0.526. The summed E-state index contributed by atoms with van der Waals surface area (Å²) >= 11 is 0. The van der Waals surface area contributed by atoms with Crippen molar-refractivity contribution in [3.63, 3.8) is 0 Å². The second-order valence-electron chi connectivity index (χ2n) is 6.28. The number of hydrogen-bond acceptors (Lipinski definition) is 7. The molecule has 0 N–H and O–H groups in total. The molecule has 0 radical (unpaired) electrons. The Labute approximate surface area is 163 Å². The SMILES string of the molecule is CCOc1cc(C(=O)N2CC(N3C(=O)COC3=O)C2)cc(OCC)c1OCC. The maximum absolute atomic E-state index is 12.9. The van der Waals surface area contributed by atoms with Crippen molar-refractivity contribution < 1.29 is 33.3 Å². The van der Waals surface area contributed by atoms with Gasteiger partial charge in [-0.15, -0.1) is 0 Å². The minimum Gasteiger partial charge on any atom is -0.490 e. The van der Waals surface area contributed by atoms with E-state index in [4.69, 9.17) is 18.9 Å². The number of ether oxygens (including phenoxy) is 4. The molecule has 2 saturated heterocycles. The first-order valence-electron chi connectivity index (χ1n) is 9.34. The normalized spacial score (nSPS) is 16.7. The second kappa shape index (κ2) is 8.37. The molecule has 0 saturated carbocycles. The Kier molecular flexibility index (Phi) is 5.91. The molecular weight excluding hydrogens is 368 g/mol. The van der Waals surface area contributed by atoms with Crippen molar-refractivity contribution >= 4 is 17.9 Å². The number of carbonyl (C=O) groups is 3. The minimum atomic E-state index is -0.652. The monoisotopic (exact) mass is 392 g/mol. The minimum absolute atomic E-state index is 0.235. The van der Waals surface area contributed by atoms with Crippen molar-refractivity contribution in [3.05, 3.63) is 17.7 Å². The van der Waals surface area contributed by atoms with Crippen LogP contribution < -0.4 is 14.2 Å². The fourth-order valence-corrected chi connectivity index (χ4v) is 3.20. The first kappa shape index (κ1) is 19.8. The van der Waals surface area contributed by atoms with Crippen molar-refractivity contribution in [3.8, 4) is 17.2 Å². The Hall–Kier alpha value is -2.97. The van der Waals surface area contributed by atoms with Crippen LogP contribution in [-0.2, 0) is 9.53 Å². The highest BCUT2D eigenvalue weighted by Crippen LogP contribution is 2.39. The lowest BCUT2D eigenvalue weighted by Gasteiger charge is -2.42. The lowest BCUT2D eigenvalue weighted by molar-refractivity contribution is -0.129. The van der Waals surface area contributed by atoms with E-state index < -0.39 is 6.09 Å². The molecule has 0 unspecified atom stereocenters. The molecule has 0 aromatic heterocycles. The van der Waals surface area contributed by atoms with Gasteiger partial charge in [0.1, 0.15) is 0 Å². The molecule has 2 aliphatic rings. The summed E-state index contributed by atoms with van der Waals surface area (Å²) in [6.07, 6.45) is -0.652. The van der Waals surface area contributed by atoms with Crippen LogP contribution in [0.4, 0.5) is 4.79 Å². The van der Waals surface area contributed by atoms with Crippen molar-refractivity contribution in [1.82, 2.24) is 9.80 Å². The van der Waals surface area contributed by atoms with Crippen molar-refractivity contribution in [2.45, 2.75) is 26.8 Å². The molecule has 0 atom stereocenters. The first-order chi connectivity index (χ1) is 13.5. The van der Waals surface area contributed by atoms with Gasteiger partial charge in [0.05, 0.1) is 25.9 Å². The average Bonchev–Trinajstić information content (AvgIpc) is 2.95. The van der Waals surface area contributed by atoms with Gasteiger partial charge in [0.15, 0.2) is 18.1 Å². The average molecular weight is 392 g/mol. The van der Waals surface area contributed by atoms with Crippen LogP contribution >= 0.6 is 0 Å². The van der Waals surface area contributed by atoms with Gasteiger partial charge < -0.3 is 23.8 Å². The number of likely N-dealkylation sites (tertiary alicyclic amines) is 1. The van der Waals surface area contributed by atoms with Crippen LogP contribution in [0.3, 0.4) is 0 Å². The maximum atomic E-state index is 12.9. The Balaban J connectivity index is 1.78. The highest BCUT2D eigenvalue weighted by molar-refractivity contribution is 5.99. The third-order valence-corrected chi connectivity index (χ3v) is 4.46. The molecule has 28 heavy (non-hydrogen) atoms. The van der Waals surface area contributed by atoms with Crippen LogP contribution in [0.15, 0.2) is 12.1 Å². The fourth-order valence-electron chi connectivity index (χ4n) is 3.20. The van der Waals surface area contributed by atoms with E-state index in [2.05, 4.69) is 0 Å². The summed E-state index contributed by atoms with van der Waals surface area (Å²) in [7, 11) is 0. The predicted molar refractivity (Wildman–Crippen MR) is 97.8 cm³/mol. The highest BCUT2D eigenvalue weighted by Gasteiger charge is 2.44. The van der Waals surface area contributed by atoms with Crippen LogP contribution in [0.2, 0.25) is 0 Å². The summed E-state index contributed by atoms with van der Waals surface area (Å²) in [6, 6.07) is 2.90. The molecule has 1 aromatic rings. The molecule has 2 aliphatic heterocycles. The Bertz CT molecular complexity index is 731. The molecule has 0 aliphatic carbocycles. The number of amides is 3. The molecule has 9 nitrogen and oxygen atoms in total. The summed E-state index contributed by atoms with van der Waals surface area (Å²) in [4.78, 5) is 38.9. The number of carbonyl (C=O) groups excluding carboxylic acids is 3. The number of imide groups is 1. The lowest BCUT2D eigenvalue weighted by atomic mass is 10.0. The van der Waals surface area contributed by atoms with E-state index >= 15 is 0 Å². The summed E-state index contributed by atoms with van der Waals surface area (Å²) < 4.78 is 21.6. The van der Waals surface area contributed by atoms with Gasteiger partial charge in [-0.2, -0.15) is 0 Å². The van der Waals surface area contributed by atoms with Gasteiger partial charge in [-0.05, 0) is 32.9 Å². The first-order valence-corrected chi connectivity index (χ1v) is 9.34. The van der Waals surface area contributed by atoms with E-state index in [0.29, 0.717) is 42.6 Å². The van der Waals surface area contributed by atoms with Crippen LogP contribution in [0, 0.1) is 0 Å². The zero-order valence-corrected chi connectivity index (χ0v) is 16.2. The van der Waals surface area contributed by atoms with Crippen LogP contribution in [0.25, 0.3) is 0 Å². The van der Waals surface area contributed by atoms with E-state index in [9.17, 15) is 14.4 Å². The van der Waals surface area contributed by atoms with E-state index in [1.54, 1.807) is 17.0 Å². The van der Waals surface area contributed by atoms with Gasteiger partial charge in [-0.1, -0.05) is 0 Å². The molecule has 152 valence electrons. The smallest absolute Gasteiger partial charge is 0.417 e. The summed E-state index contributed by atoms with van der Waals surface area (Å²) in [5.41, 5.74) is 0.393. The van der Waals surface area contributed by atoms with E-state index in [-0.39, 0.29) is 37.6 Å². The van der Waals surface area contributed by atoms with Gasteiger partial charge in [-0.3, -0.25) is 9.59 Å². The number of rotatable bonds is 8. The Morgan fingerprint density at radius 1 is 1.04 bits per heavy atom. The number of cyclic esters (lactones) is 1. The molecule has 2 heterocycles. The molecular formula is C19H24N2O7. The zero-order chi connectivity index (χ0) is 20.3. The largest absolute Gasteiger partial charge is 0.490 e. The topological polar surface area (TPSA) is 94.6 Å². The molecule has 9 heteroatoms. The van der Waals surface area contributed by atoms with Crippen molar-refractivity contribution in [2.24, 2.45) is 0 Å².